The van der Waals surface area contributed by atoms with Crippen molar-refractivity contribution in [3.8, 4) is 21.8 Å². The number of aromatic nitrogens is 1. The van der Waals surface area contributed by atoms with E-state index in [9.17, 15) is 0 Å². The van der Waals surface area contributed by atoms with Crippen LogP contribution < -0.4 is 0 Å². The van der Waals surface area contributed by atoms with Crippen LogP contribution in [0.3, 0.4) is 0 Å². The Balaban J connectivity index is 2.07. The minimum atomic E-state index is 0.804. The molecular formula is C13H9NOS. The Hall–Kier alpha value is -1.87. The molecule has 16 heavy (non-hydrogen) atoms. The Labute approximate surface area is 97.2 Å². The van der Waals surface area contributed by atoms with Crippen molar-refractivity contribution in [2.24, 2.45) is 0 Å². The second-order valence-corrected chi connectivity index (χ2v) is 4.37. The molecule has 0 aliphatic rings. The summed E-state index contributed by atoms with van der Waals surface area (Å²) in [6, 6.07) is 12.5. The summed E-state index contributed by atoms with van der Waals surface area (Å²) < 4.78 is 5.28. The number of hydrogen-bond donors (Lipinski definition) is 0. The summed E-state index contributed by atoms with van der Waals surface area (Å²) >= 11 is 1.74. The third-order valence-corrected chi connectivity index (χ3v) is 3.30. The third-order valence-electron chi connectivity index (χ3n) is 2.39. The predicted molar refractivity (Wildman–Crippen MR) is 65.3 cm³/mol. The van der Waals surface area contributed by atoms with E-state index in [2.05, 4.69) is 34.6 Å². The van der Waals surface area contributed by atoms with E-state index in [-0.39, 0.29) is 0 Å². The second kappa shape index (κ2) is 3.94. The number of rotatable bonds is 2. The van der Waals surface area contributed by atoms with Crippen molar-refractivity contribution in [1.29, 1.82) is 0 Å². The monoisotopic (exact) mass is 227 g/mol. The van der Waals surface area contributed by atoms with Crippen LogP contribution in [0, 0.1) is 0 Å². The van der Waals surface area contributed by atoms with Gasteiger partial charge in [0.2, 0.25) is 0 Å². The minimum Gasteiger partial charge on any atom is -0.444 e. The van der Waals surface area contributed by atoms with Gasteiger partial charge in [0.05, 0.1) is 6.20 Å². The van der Waals surface area contributed by atoms with Crippen molar-refractivity contribution in [2.45, 2.75) is 0 Å². The minimum absolute atomic E-state index is 0.804. The van der Waals surface area contributed by atoms with Crippen LogP contribution in [0.15, 0.2) is 58.8 Å². The van der Waals surface area contributed by atoms with Gasteiger partial charge in [0, 0.05) is 10.4 Å². The Morgan fingerprint density at radius 3 is 2.75 bits per heavy atom. The first-order valence-corrected chi connectivity index (χ1v) is 5.84. The maximum absolute atomic E-state index is 5.28. The zero-order chi connectivity index (χ0) is 10.8. The first-order valence-electron chi connectivity index (χ1n) is 4.96. The normalized spacial score (nSPS) is 10.5. The van der Waals surface area contributed by atoms with E-state index in [0.717, 1.165) is 11.3 Å². The number of oxazole rings is 1. The van der Waals surface area contributed by atoms with E-state index < -0.39 is 0 Å². The molecule has 78 valence electrons. The van der Waals surface area contributed by atoms with E-state index in [1.54, 1.807) is 17.5 Å². The molecule has 0 spiro atoms. The molecule has 0 saturated carbocycles. The molecule has 0 atom stereocenters. The number of benzene rings is 1. The fourth-order valence-corrected chi connectivity index (χ4v) is 2.35. The van der Waals surface area contributed by atoms with Crippen LogP contribution in [0.4, 0.5) is 0 Å². The van der Waals surface area contributed by atoms with Gasteiger partial charge in [-0.25, -0.2) is 4.98 Å². The summed E-state index contributed by atoms with van der Waals surface area (Å²) in [6.45, 7) is 0. The van der Waals surface area contributed by atoms with Gasteiger partial charge < -0.3 is 4.42 Å². The lowest BCUT2D eigenvalue weighted by atomic mass is 10.1. The molecule has 0 fully saturated rings. The Kier molecular flexibility index (Phi) is 2.31. The van der Waals surface area contributed by atoms with Crippen LogP contribution in [-0.2, 0) is 0 Å². The van der Waals surface area contributed by atoms with Crippen LogP contribution >= 0.6 is 11.3 Å². The fraction of sp³-hybridized carbons (Fsp3) is 0. The van der Waals surface area contributed by atoms with Crippen LogP contribution in [-0.4, -0.2) is 4.98 Å². The number of thiophene rings is 1. The van der Waals surface area contributed by atoms with E-state index in [4.69, 9.17) is 4.42 Å². The molecule has 0 aliphatic heterocycles. The van der Waals surface area contributed by atoms with Gasteiger partial charge >= 0.3 is 0 Å². The summed E-state index contributed by atoms with van der Waals surface area (Å²) in [5.41, 5.74) is 2.27. The zero-order valence-corrected chi connectivity index (χ0v) is 9.28. The highest BCUT2D eigenvalue weighted by Crippen LogP contribution is 2.28. The predicted octanol–water partition coefficient (Wildman–Crippen LogP) is 4.07. The van der Waals surface area contributed by atoms with E-state index in [0.29, 0.717) is 0 Å². The van der Waals surface area contributed by atoms with Gasteiger partial charge in [0.25, 0.3) is 0 Å². The Morgan fingerprint density at radius 1 is 1.06 bits per heavy atom. The van der Waals surface area contributed by atoms with E-state index >= 15 is 0 Å². The molecule has 2 heterocycles. The van der Waals surface area contributed by atoms with Crippen LogP contribution in [0.5, 0.6) is 0 Å². The molecule has 2 aromatic heterocycles. The lowest BCUT2D eigenvalue weighted by Gasteiger charge is -2.00. The molecule has 0 radical (unpaired) electrons. The van der Waals surface area contributed by atoms with E-state index in [1.807, 2.05) is 12.1 Å². The Bertz CT molecular complexity index is 520. The van der Waals surface area contributed by atoms with Gasteiger partial charge in [-0.2, -0.15) is 0 Å². The lowest BCUT2D eigenvalue weighted by Crippen LogP contribution is -1.76. The van der Waals surface area contributed by atoms with Crippen molar-refractivity contribution >= 4 is 11.3 Å². The van der Waals surface area contributed by atoms with Crippen molar-refractivity contribution < 1.29 is 4.42 Å². The quantitative estimate of drug-likeness (QED) is 0.659. The van der Waals surface area contributed by atoms with Crippen molar-refractivity contribution in [2.75, 3.05) is 0 Å². The maximum Gasteiger partial charge on any atom is 0.181 e. The molecule has 1 aromatic carbocycles. The first kappa shape index (κ1) is 9.36. The summed E-state index contributed by atoms with van der Waals surface area (Å²) in [5, 5.41) is 2.08. The molecule has 0 N–H and O–H groups in total. The standard InChI is InChI=1S/C13H9NOS/c1-3-10(12-8-14-9-15-12)7-11(4-1)13-5-2-6-16-13/h1-9H. The molecule has 0 amide bonds. The number of hydrogen-bond acceptors (Lipinski definition) is 3. The van der Waals surface area contributed by atoms with Gasteiger partial charge in [-0.1, -0.05) is 24.3 Å². The molecule has 0 saturated heterocycles. The van der Waals surface area contributed by atoms with Gasteiger partial charge in [-0.15, -0.1) is 11.3 Å². The van der Waals surface area contributed by atoms with Crippen molar-refractivity contribution in [3.63, 3.8) is 0 Å². The van der Waals surface area contributed by atoms with Gasteiger partial charge in [0.1, 0.15) is 0 Å². The lowest BCUT2D eigenvalue weighted by molar-refractivity contribution is 0.572. The largest absolute Gasteiger partial charge is 0.444 e. The van der Waals surface area contributed by atoms with Crippen molar-refractivity contribution in [1.82, 2.24) is 4.98 Å². The SMILES string of the molecule is c1cc(-c2cnco2)cc(-c2cccs2)c1. The molecule has 3 rings (SSSR count). The maximum atomic E-state index is 5.28. The highest BCUT2D eigenvalue weighted by atomic mass is 32.1. The van der Waals surface area contributed by atoms with Gasteiger partial charge in [-0.05, 0) is 23.1 Å². The molecule has 3 aromatic rings. The smallest absolute Gasteiger partial charge is 0.181 e. The van der Waals surface area contributed by atoms with Gasteiger partial charge in [-0.3, -0.25) is 0 Å². The van der Waals surface area contributed by atoms with Crippen LogP contribution in [0.1, 0.15) is 0 Å². The summed E-state index contributed by atoms with van der Waals surface area (Å²) in [7, 11) is 0. The number of nitrogens with zero attached hydrogens (tertiary/aromatic N) is 1. The van der Waals surface area contributed by atoms with E-state index in [1.165, 1.54) is 16.8 Å². The average Bonchev–Trinajstić information content (AvgIpc) is 3.03. The van der Waals surface area contributed by atoms with Crippen LogP contribution in [0.25, 0.3) is 21.8 Å². The first-order chi connectivity index (χ1) is 7.93. The van der Waals surface area contributed by atoms with Gasteiger partial charge in [0.15, 0.2) is 12.2 Å². The molecule has 3 heteroatoms. The molecule has 0 bridgehead atoms. The Morgan fingerprint density at radius 2 is 2.00 bits per heavy atom. The summed E-state index contributed by atoms with van der Waals surface area (Å²) in [4.78, 5) is 5.19. The molecule has 0 aliphatic carbocycles. The van der Waals surface area contributed by atoms with Crippen LogP contribution in [0.2, 0.25) is 0 Å². The highest BCUT2D eigenvalue weighted by molar-refractivity contribution is 7.13. The average molecular weight is 227 g/mol. The summed E-state index contributed by atoms with van der Waals surface area (Å²) in [6.07, 6.45) is 3.18. The molecule has 2 nitrogen and oxygen atoms in total. The summed E-state index contributed by atoms with van der Waals surface area (Å²) in [5.74, 6) is 0.804. The topological polar surface area (TPSA) is 26.0 Å². The molecule has 0 unspecified atom stereocenters. The zero-order valence-electron chi connectivity index (χ0n) is 8.46. The second-order valence-electron chi connectivity index (χ2n) is 3.42. The molecular weight excluding hydrogens is 218 g/mol. The highest BCUT2D eigenvalue weighted by Gasteiger charge is 2.04. The third kappa shape index (κ3) is 1.66. The fourth-order valence-electron chi connectivity index (χ4n) is 1.63. The van der Waals surface area contributed by atoms with Crippen molar-refractivity contribution in [3.05, 3.63) is 54.4 Å².